The van der Waals surface area contributed by atoms with Crippen molar-refractivity contribution in [1.29, 1.82) is 0 Å². The summed E-state index contributed by atoms with van der Waals surface area (Å²) in [6.07, 6.45) is 2.78. The highest BCUT2D eigenvalue weighted by atomic mass is 19.1. The second-order valence-electron chi connectivity index (χ2n) is 7.77. The molecule has 1 aliphatic rings. The molecule has 1 aliphatic heterocycles. The molecule has 0 saturated carbocycles. The Morgan fingerprint density at radius 2 is 2.07 bits per heavy atom. The van der Waals surface area contributed by atoms with Gasteiger partial charge in [-0.3, -0.25) is 9.36 Å². The largest absolute Gasteiger partial charge is 0.387 e. The maximum absolute atomic E-state index is 13.6. The molecule has 150 valence electrons. The number of benzene rings is 1. The Hall–Kier alpha value is -3.13. The molecule has 3 heterocycles. The van der Waals surface area contributed by atoms with E-state index < -0.39 is 11.9 Å². The molecular formula is C21H22FN5O2. The summed E-state index contributed by atoms with van der Waals surface area (Å²) < 4.78 is 15.2. The van der Waals surface area contributed by atoms with E-state index in [1.54, 1.807) is 29.0 Å². The fraction of sp³-hybridized carbons (Fsp3) is 0.333. The summed E-state index contributed by atoms with van der Waals surface area (Å²) in [5, 5.41) is 10.8. The van der Waals surface area contributed by atoms with Crippen LogP contribution in [0, 0.1) is 5.82 Å². The number of hydrogen-bond acceptors (Lipinski definition) is 6. The normalized spacial score (nSPS) is 16.3. The third-order valence-electron chi connectivity index (χ3n) is 5.34. The van der Waals surface area contributed by atoms with Crippen LogP contribution >= 0.6 is 0 Å². The SMILES string of the molecule is CC1(C)CCn2c(nc(-c3ccncn3)cc2=O)N1C[C@H](O)c1cccc(F)c1. The molecule has 2 aromatic heterocycles. The van der Waals surface area contributed by atoms with Crippen LogP contribution in [0.1, 0.15) is 31.9 Å². The number of hydrogen-bond donors (Lipinski definition) is 1. The molecule has 1 N–H and O–H groups in total. The Bertz CT molecular complexity index is 1080. The average Bonchev–Trinajstić information content (AvgIpc) is 2.70. The number of nitrogens with zero attached hydrogens (tertiary/aromatic N) is 5. The second kappa shape index (κ2) is 7.36. The number of halogens is 1. The Balaban J connectivity index is 1.76. The minimum atomic E-state index is -0.934. The van der Waals surface area contributed by atoms with Crippen LogP contribution in [0.15, 0.2) is 53.7 Å². The first-order valence-corrected chi connectivity index (χ1v) is 9.44. The average molecular weight is 395 g/mol. The van der Waals surface area contributed by atoms with Crippen molar-refractivity contribution in [2.45, 2.75) is 38.5 Å². The van der Waals surface area contributed by atoms with Crippen LogP contribution in [0.5, 0.6) is 0 Å². The summed E-state index contributed by atoms with van der Waals surface area (Å²) in [5.74, 6) is 0.0676. The highest BCUT2D eigenvalue weighted by Crippen LogP contribution is 2.33. The maximum atomic E-state index is 13.6. The van der Waals surface area contributed by atoms with E-state index in [4.69, 9.17) is 4.98 Å². The maximum Gasteiger partial charge on any atom is 0.255 e. The molecule has 8 heteroatoms. The topological polar surface area (TPSA) is 84.1 Å². The Morgan fingerprint density at radius 1 is 1.24 bits per heavy atom. The van der Waals surface area contributed by atoms with Crippen molar-refractivity contribution in [1.82, 2.24) is 19.5 Å². The molecule has 0 radical (unpaired) electrons. The van der Waals surface area contributed by atoms with Gasteiger partial charge in [0.25, 0.3) is 5.56 Å². The van der Waals surface area contributed by atoms with Crippen LogP contribution in [-0.4, -0.2) is 36.7 Å². The van der Waals surface area contributed by atoms with Crippen molar-refractivity contribution < 1.29 is 9.50 Å². The van der Waals surface area contributed by atoms with Crippen molar-refractivity contribution >= 4 is 5.95 Å². The molecule has 0 amide bonds. The van der Waals surface area contributed by atoms with Gasteiger partial charge in [0.2, 0.25) is 5.95 Å². The van der Waals surface area contributed by atoms with Gasteiger partial charge in [-0.1, -0.05) is 12.1 Å². The molecule has 0 fully saturated rings. The van der Waals surface area contributed by atoms with Crippen molar-refractivity contribution in [3.05, 3.63) is 70.7 Å². The minimum Gasteiger partial charge on any atom is -0.387 e. The van der Waals surface area contributed by atoms with Gasteiger partial charge in [0, 0.05) is 24.3 Å². The van der Waals surface area contributed by atoms with E-state index in [0.717, 1.165) is 0 Å². The van der Waals surface area contributed by atoms with Crippen LogP contribution in [0.3, 0.4) is 0 Å². The third kappa shape index (κ3) is 3.75. The Kier molecular flexibility index (Phi) is 4.87. The zero-order chi connectivity index (χ0) is 20.6. The number of rotatable bonds is 4. The van der Waals surface area contributed by atoms with Crippen molar-refractivity contribution in [2.24, 2.45) is 0 Å². The highest BCUT2D eigenvalue weighted by Gasteiger charge is 2.36. The van der Waals surface area contributed by atoms with Gasteiger partial charge in [0.1, 0.15) is 12.1 Å². The van der Waals surface area contributed by atoms with Gasteiger partial charge in [-0.25, -0.2) is 19.3 Å². The van der Waals surface area contributed by atoms with Crippen LogP contribution in [0.25, 0.3) is 11.4 Å². The number of aromatic nitrogens is 4. The molecule has 0 aliphatic carbocycles. The van der Waals surface area contributed by atoms with E-state index in [1.807, 2.05) is 18.7 Å². The Labute approximate surface area is 167 Å². The number of aliphatic hydroxyl groups excluding tert-OH is 1. The van der Waals surface area contributed by atoms with Crippen LogP contribution in [-0.2, 0) is 6.54 Å². The number of aliphatic hydroxyl groups is 1. The van der Waals surface area contributed by atoms with Crippen LogP contribution < -0.4 is 10.5 Å². The van der Waals surface area contributed by atoms with Crippen LogP contribution in [0.2, 0.25) is 0 Å². The summed E-state index contributed by atoms with van der Waals surface area (Å²) in [6.45, 7) is 4.79. The summed E-state index contributed by atoms with van der Waals surface area (Å²) >= 11 is 0. The summed E-state index contributed by atoms with van der Waals surface area (Å²) in [5.41, 5.74) is 0.954. The van der Waals surface area contributed by atoms with Gasteiger partial charge >= 0.3 is 0 Å². The van der Waals surface area contributed by atoms with E-state index in [-0.39, 0.29) is 17.6 Å². The van der Waals surface area contributed by atoms with Crippen molar-refractivity contribution in [3.63, 3.8) is 0 Å². The number of fused-ring (bicyclic) bond motifs is 1. The zero-order valence-corrected chi connectivity index (χ0v) is 16.3. The van der Waals surface area contributed by atoms with Gasteiger partial charge < -0.3 is 10.0 Å². The van der Waals surface area contributed by atoms with E-state index in [9.17, 15) is 14.3 Å². The van der Waals surface area contributed by atoms with E-state index in [2.05, 4.69) is 9.97 Å². The molecule has 0 saturated heterocycles. The van der Waals surface area contributed by atoms with Crippen molar-refractivity contribution in [2.75, 3.05) is 11.4 Å². The molecule has 4 rings (SSSR count). The lowest BCUT2D eigenvalue weighted by Crippen LogP contribution is -2.53. The molecule has 3 aromatic rings. The first-order valence-electron chi connectivity index (χ1n) is 9.44. The monoisotopic (exact) mass is 395 g/mol. The lowest BCUT2D eigenvalue weighted by Gasteiger charge is -2.45. The molecule has 0 bridgehead atoms. The molecular weight excluding hydrogens is 373 g/mol. The van der Waals surface area contributed by atoms with Crippen molar-refractivity contribution in [3.8, 4) is 11.4 Å². The van der Waals surface area contributed by atoms with Crippen LogP contribution in [0.4, 0.5) is 10.3 Å². The molecule has 0 unspecified atom stereocenters. The smallest absolute Gasteiger partial charge is 0.255 e. The number of anilines is 1. The highest BCUT2D eigenvalue weighted by molar-refractivity contribution is 5.56. The van der Waals surface area contributed by atoms with Gasteiger partial charge in [-0.15, -0.1) is 0 Å². The number of β-amino-alcohol motifs (C(OH)–C–C–N with tert-alkyl or cyclic N) is 1. The predicted molar refractivity (Wildman–Crippen MR) is 107 cm³/mol. The minimum absolute atomic E-state index is 0.177. The summed E-state index contributed by atoms with van der Waals surface area (Å²) in [4.78, 5) is 27.5. The summed E-state index contributed by atoms with van der Waals surface area (Å²) in [7, 11) is 0. The second-order valence-corrected chi connectivity index (χ2v) is 7.77. The molecule has 1 atom stereocenters. The zero-order valence-electron chi connectivity index (χ0n) is 16.3. The lowest BCUT2D eigenvalue weighted by molar-refractivity contribution is 0.168. The first kappa shape index (κ1) is 19.2. The standard InChI is InChI=1S/C21H22FN5O2/c1-21(2)7-9-26-19(29)11-17(16-6-8-23-13-24-16)25-20(26)27(21)12-18(28)14-4-3-5-15(22)10-14/h3-6,8,10-11,13,18,28H,7,9,12H2,1-2H3/t18-/m0/s1. The fourth-order valence-electron chi connectivity index (χ4n) is 3.60. The molecule has 0 spiro atoms. The van der Waals surface area contributed by atoms with Gasteiger partial charge in [0.15, 0.2) is 0 Å². The predicted octanol–water partition coefficient (Wildman–Crippen LogP) is 2.56. The Morgan fingerprint density at radius 3 is 2.79 bits per heavy atom. The quantitative estimate of drug-likeness (QED) is 0.731. The molecule has 7 nitrogen and oxygen atoms in total. The third-order valence-corrected chi connectivity index (χ3v) is 5.34. The van der Waals surface area contributed by atoms with Gasteiger partial charge in [-0.05, 0) is 44.0 Å². The fourth-order valence-corrected chi connectivity index (χ4v) is 3.60. The first-order chi connectivity index (χ1) is 13.8. The van der Waals surface area contributed by atoms with E-state index in [0.29, 0.717) is 35.9 Å². The lowest BCUT2D eigenvalue weighted by atomic mass is 9.95. The summed E-state index contributed by atoms with van der Waals surface area (Å²) in [6, 6.07) is 9.07. The van der Waals surface area contributed by atoms with Gasteiger partial charge in [0.05, 0.1) is 24.0 Å². The molecule has 29 heavy (non-hydrogen) atoms. The van der Waals surface area contributed by atoms with E-state index >= 15 is 0 Å². The van der Waals surface area contributed by atoms with Gasteiger partial charge in [-0.2, -0.15) is 0 Å². The molecule has 1 aromatic carbocycles. The van der Waals surface area contributed by atoms with E-state index in [1.165, 1.54) is 24.5 Å².